The van der Waals surface area contributed by atoms with Gasteiger partial charge in [-0.1, -0.05) is 60.7 Å². The number of carbonyl (C=O) groups excluding carboxylic acids is 1. The molecular formula is C28H19F3N2O. The Kier molecular flexibility index (Phi) is 5.57. The number of pyridine rings is 2. The van der Waals surface area contributed by atoms with E-state index in [0.29, 0.717) is 16.6 Å². The van der Waals surface area contributed by atoms with E-state index in [1.807, 2.05) is 42.5 Å². The first kappa shape index (κ1) is 21.8. The number of nitrogens with zero attached hydrogens (tertiary/aromatic N) is 2. The van der Waals surface area contributed by atoms with Crippen molar-refractivity contribution >= 4 is 27.5 Å². The number of aromatic nitrogens is 2. The number of carbonyl (C=O) groups is 1. The minimum Gasteiger partial charge on any atom is -0.294 e. The summed E-state index contributed by atoms with van der Waals surface area (Å²) in [7, 11) is 0. The minimum absolute atomic E-state index is 0.155. The highest BCUT2D eigenvalue weighted by molar-refractivity contribution is 6.00. The lowest BCUT2D eigenvalue weighted by atomic mass is 9.85. The number of halogens is 3. The van der Waals surface area contributed by atoms with Gasteiger partial charge in [-0.25, -0.2) is 0 Å². The molecule has 0 aliphatic heterocycles. The first-order chi connectivity index (χ1) is 16.4. The summed E-state index contributed by atoms with van der Waals surface area (Å²) >= 11 is 0. The van der Waals surface area contributed by atoms with Crippen LogP contribution in [0.4, 0.5) is 13.2 Å². The van der Waals surface area contributed by atoms with Crippen LogP contribution in [-0.2, 0) is 6.18 Å². The molecule has 2 heterocycles. The SMILES string of the molecule is O=C(C[C@@H](c1ccc2ccccc2c1)c1ncccc1C(F)(F)F)c1ccc2cccnc2c1. The molecule has 34 heavy (non-hydrogen) atoms. The van der Waals surface area contributed by atoms with Crippen molar-refractivity contribution in [1.29, 1.82) is 0 Å². The van der Waals surface area contributed by atoms with Crippen LogP contribution in [0.2, 0.25) is 0 Å². The highest BCUT2D eigenvalue weighted by atomic mass is 19.4. The molecule has 0 aliphatic rings. The zero-order valence-electron chi connectivity index (χ0n) is 18.0. The van der Waals surface area contributed by atoms with Gasteiger partial charge in [0, 0.05) is 35.7 Å². The van der Waals surface area contributed by atoms with Gasteiger partial charge in [0.2, 0.25) is 0 Å². The number of fused-ring (bicyclic) bond motifs is 2. The van der Waals surface area contributed by atoms with Gasteiger partial charge in [0.15, 0.2) is 5.78 Å². The second-order valence-electron chi connectivity index (χ2n) is 8.13. The van der Waals surface area contributed by atoms with Gasteiger partial charge in [0.25, 0.3) is 0 Å². The number of ketones is 1. The molecule has 168 valence electrons. The molecule has 0 bridgehead atoms. The first-order valence-corrected chi connectivity index (χ1v) is 10.8. The van der Waals surface area contributed by atoms with E-state index in [1.54, 1.807) is 36.5 Å². The van der Waals surface area contributed by atoms with Crippen LogP contribution >= 0.6 is 0 Å². The third-order valence-electron chi connectivity index (χ3n) is 5.97. The lowest BCUT2D eigenvalue weighted by Gasteiger charge is -2.21. The van der Waals surface area contributed by atoms with Gasteiger partial charge in [-0.3, -0.25) is 14.8 Å². The van der Waals surface area contributed by atoms with Gasteiger partial charge in [0.1, 0.15) is 0 Å². The molecule has 0 saturated carbocycles. The van der Waals surface area contributed by atoms with Crippen LogP contribution in [0, 0.1) is 0 Å². The molecule has 2 aromatic heterocycles. The fourth-order valence-corrected chi connectivity index (χ4v) is 4.27. The van der Waals surface area contributed by atoms with Crippen molar-refractivity contribution in [1.82, 2.24) is 9.97 Å². The third-order valence-corrected chi connectivity index (χ3v) is 5.97. The fraction of sp³-hybridized carbons (Fsp3) is 0.107. The monoisotopic (exact) mass is 456 g/mol. The van der Waals surface area contributed by atoms with Gasteiger partial charge in [-0.2, -0.15) is 13.2 Å². The summed E-state index contributed by atoms with van der Waals surface area (Å²) in [6, 6.07) is 24.2. The molecule has 0 fully saturated rings. The lowest BCUT2D eigenvalue weighted by molar-refractivity contribution is -0.138. The minimum atomic E-state index is -4.59. The van der Waals surface area contributed by atoms with Crippen molar-refractivity contribution in [2.75, 3.05) is 0 Å². The lowest BCUT2D eigenvalue weighted by Crippen LogP contribution is -2.17. The quantitative estimate of drug-likeness (QED) is 0.263. The van der Waals surface area contributed by atoms with E-state index in [1.165, 1.54) is 12.3 Å². The molecule has 5 rings (SSSR count). The van der Waals surface area contributed by atoms with E-state index >= 15 is 0 Å². The van der Waals surface area contributed by atoms with Crippen molar-refractivity contribution in [3.05, 3.63) is 120 Å². The van der Waals surface area contributed by atoms with Crippen molar-refractivity contribution < 1.29 is 18.0 Å². The van der Waals surface area contributed by atoms with Crippen LogP contribution in [0.5, 0.6) is 0 Å². The zero-order valence-corrected chi connectivity index (χ0v) is 18.0. The summed E-state index contributed by atoms with van der Waals surface area (Å²) in [5, 5.41) is 2.74. The Hall–Kier alpha value is -4.06. The number of benzene rings is 3. The maximum Gasteiger partial charge on any atom is 0.418 e. The molecule has 0 amide bonds. The Morgan fingerprint density at radius 3 is 2.29 bits per heavy atom. The highest BCUT2D eigenvalue weighted by Gasteiger charge is 2.37. The number of hydrogen-bond acceptors (Lipinski definition) is 3. The van der Waals surface area contributed by atoms with Gasteiger partial charge in [0.05, 0.1) is 16.8 Å². The molecule has 0 N–H and O–H groups in total. The van der Waals surface area contributed by atoms with E-state index in [9.17, 15) is 18.0 Å². The number of Topliss-reactive ketones (excluding diaryl/α,β-unsaturated/α-hetero) is 1. The van der Waals surface area contributed by atoms with Crippen molar-refractivity contribution in [2.45, 2.75) is 18.5 Å². The predicted octanol–water partition coefficient (Wildman–Crippen LogP) is 7.21. The molecule has 5 aromatic rings. The summed E-state index contributed by atoms with van der Waals surface area (Å²) < 4.78 is 41.6. The van der Waals surface area contributed by atoms with Crippen molar-refractivity contribution in [2.24, 2.45) is 0 Å². The Morgan fingerprint density at radius 2 is 1.47 bits per heavy atom. The van der Waals surface area contributed by atoms with Gasteiger partial charge in [-0.05, 0) is 40.6 Å². The molecule has 0 spiro atoms. The maximum absolute atomic E-state index is 13.9. The molecule has 0 unspecified atom stereocenters. The number of hydrogen-bond donors (Lipinski definition) is 0. The Labute approximate surface area is 193 Å². The Morgan fingerprint density at radius 1 is 0.765 bits per heavy atom. The maximum atomic E-state index is 13.9. The van der Waals surface area contributed by atoms with Crippen LogP contribution in [-0.4, -0.2) is 15.8 Å². The summed E-state index contributed by atoms with van der Waals surface area (Å²) in [5.41, 5.74) is 0.680. The Bertz CT molecular complexity index is 1510. The van der Waals surface area contributed by atoms with Crippen molar-refractivity contribution in [3.63, 3.8) is 0 Å². The van der Waals surface area contributed by atoms with Crippen LogP contribution in [0.25, 0.3) is 21.7 Å². The normalized spacial score (nSPS) is 12.7. The predicted molar refractivity (Wildman–Crippen MR) is 126 cm³/mol. The molecule has 1 atom stereocenters. The van der Waals surface area contributed by atoms with Gasteiger partial charge < -0.3 is 0 Å². The average molecular weight is 456 g/mol. The van der Waals surface area contributed by atoms with Gasteiger partial charge in [-0.15, -0.1) is 0 Å². The first-order valence-electron chi connectivity index (χ1n) is 10.8. The van der Waals surface area contributed by atoms with E-state index in [-0.39, 0.29) is 17.9 Å². The number of alkyl halides is 3. The van der Waals surface area contributed by atoms with Crippen LogP contribution in [0.3, 0.4) is 0 Å². The summed E-state index contributed by atoms with van der Waals surface area (Å²) in [4.78, 5) is 21.7. The molecular weight excluding hydrogens is 437 g/mol. The summed E-state index contributed by atoms with van der Waals surface area (Å²) in [6.45, 7) is 0. The topological polar surface area (TPSA) is 42.9 Å². The van der Waals surface area contributed by atoms with Crippen molar-refractivity contribution in [3.8, 4) is 0 Å². The molecule has 3 aromatic carbocycles. The zero-order chi connectivity index (χ0) is 23.7. The molecule has 3 nitrogen and oxygen atoms in total. The third kappa shape index (κ3) is 4.27. The van der Waals surface area contributed by atoms with Crippen LogP contribution in [0.1, 0.15) is 39.5 Å². The van der Waals surface area contributed by atoms with E-state index in [4.69, 9.17) is 0 Å². The standard InChI is InChI=1S/C28H19F3N2O/c29-28(30,31)24-8-4-14-33-27(24)23(21-11-9-18-5-1-2-6-20(18)15-21)17-26(34)22-12-10-19-7-3-13-32-25(19)16-22/h1-16,23H,17H2/t23-/m0/s1. The summed E-state index contributed by atoms with van der Waals surface area (Å²) in [6.07, 6.45) is -1.77. The molecule has 0 aliphatic carbocycles. The second-order valence-corrected chi connectivity index (χ2v) is 8.13. The van der Waals surface area contributed by atoms with Gasteiger partial charge >= 0.3 is 6.18 Å². The Balaban J connectivity index is 1.61. The van der Waals surface area contributed by atoms with Crippen LogP contribution in [0.15, 0.2) is 97.3 Å². The largest absolute Gasteiger partial charge is 0.418 e. The molecule has 0 radical (unpaired) electrons. The highest BCUT2D eigenvalue weighted by Crippen LogP contribution is 2.39. The second kappa shape index (κ2) is 8.71. The van der Waals surface area contributed by atoms with E-state index < -0.39 is 17.7 Å². The van der Waals surface area contributed by atoms with E-state index in [0.717, 1.165) is 22.2 Å². The van der Waals surface area contributed by atoms with E-state index in [2.05, 4.69) is 9.97 Å². The fourth-order valence-electron chi connectivity index (χ4n) is 4.27. The smallest absolute Gasteiger partial charge is 0.294 e. The van der Waals surface area contributed by atoms with Crippen LogP contribution < -0.4 is 0 Å². The molecule has 0 saturated heterocycles. The molecule has 6 heteroatoms. The number of rotatable bonds is 5. The summed E-state index contributed by atoms with van der Waals surface area (Å²) in [5.74, 6) is -1.14. The average Bonchev–Trinajstić information content (AvgIpc) is 2.86.